The summed E-state index contributed by atoms with van der Waals surface area (Å²) in [5.74, 6) is -0.183. The molecule has 4 nitrogen and oxygen atoms in total. The Hall–Kier alpha value is -2.73. The van der Waals surface area contributed by atoms with Crippen LogP contribution in [0.5, 0.6) is 0 Å². The highest BCUT2D eigenvalue weighted by molar-refractivity contribution is 6.35. The summed E-state index contributed by atoms with van der Waals surface area (Å²) in [7, 11) is 0. The van der Waals surface area contributed by atoms with Gasteiger partial charge in [0, 0.05) is 27.7 Å². The van der Waals surface area contributed by atoms with Gasteiger partial charge in [-0.05, 0) is 36.7 Å². The topological polar surface area (TPSA) is 42.7 Å². The van der Waals surface area contributed by atoms with Gasteiger partial charge < -0.3 is 5.32 Å². The van der Waals surface area contributed by atoms with E-state index in [2.05, 4.69) is 10.4 Å². The Morgan fingerprint density at radius 3 is 2.29 bits per heavy atom. The number of hydrogen-bond acceptors (Lipinski definition) is 3. The maximum Gasteiger partial charge on any atom is 0.126 e. The molecule has 0 unspecified atom stereocenters. The molecule has 0 saturated heterocycles. The number of hydrogen-bond donors (Lipinski definition) is 1. The van der Waals surface area contributed by atoms with Gasteiger partial charge >= 0.3 is 0 Å². The van der Waals surface area contributed by atoms with Crippen LogP contribution in [-0.2, 0) is 19.5 Å². The number of rotatable bonds is 8. The summed E-state index contributed by atoms with van der Waals surface area (Å²) in [5, 5.41) is 13.9. The van der Waals surface area contributed by atoms with E-state index in [4.69, 9.17) is 28.3 Å². The zero-order valence-electron chi connectivity index (χ0n) is 16.7. The van der Waals surface area contributed by atoms with Crippen molar-refractivity contribution in [3.63, 3.8) is 0 Å². The summed E-state index contributed by atoms with van der Waals surface area (Å²) in [4.78, 5) is 1.61. The smallest absolute Gasteiger partial charge is 0.126 e. The van der Waals surface area contributed by atoms with Crippen LogP contribution in [0.4, 0.5) is 4.39 Å². The minimum Gasteiger partial charge on any atom is -0.311 e. The average molecular weight is 455 g/mol. The molecule has 1 aromatic heterocycles. The van der Waals surface area contributed by atoms with Crippen molar-refractivity contribution in [2.24, 2.45) is 0 Å². The van der Waals surface area contributed by atoms with Crippen LogP contribution in [0.2, 0.25) is 10.0 Å². The number of benzene rings is 3. The molecule has 4 rings (SSSR count). The first-order valence-corrected chi connectivity index (χ1v) is 10.7. The summed E-state index contributed by atoms with van der Waals surface area (Å²) >= 11 is 12.6. The van der Waals surface area contributed by atoms with E-state index in [1.54, 1.807) is 29.1 Å². The third kappa shape index (κ3) is 5.31. The molecule has 1 heterocycles. The predicted molar refractivity (Wildman–Crippen MR) is 123 cm³/mol. The minimum absolute atomic E-state index is 0.183. The van der Waals surface area contributed by atoms with Gasteiger partial charge in [0.15, 0.2) is 0 Å². The molecule has 0 radical (unpaired) electrons. The largest absolute Gasteiger partial charge is 0.311 e. The summed E-state index contributed by atoms with van der Waals surface area (Å²) < 4.78 is 13.8. The van der Waals surface area contributed by atoms with Crippen LogP contribution in [0, 0.1) is 5.82 Å². The number of nitrogens with zero attached hydrogens (tertiary/aromatic N) is 3. The van der Waals surface area contributed by atoms with E-state index in [0.717, 1.165) is 22.5 Å². The van der Waals surface area contributed by atoms with Crippen molar-refractivity contribution < 1.29 is 4.39 Å². The van der Waals surface area contributed by atoms with Gasteiger partial charge in [-0.25, -0.2) is 4.39 Å². The first-order valence-electron chi connectivity index (χ1n) is 9.98. The molecule has 0 saturated carbocycles. The van der Waals surface area contributed by atoms with Gasteiger partial charge in [-0.15, -0.1) is 0 Å². The second kappa shape index (κ2) is 10.1. The molecule has 0 fully saturated rings. The predicted octanol–water partition coefficient (Wildman–Crippen LogP) is 5.77. The van der Waals surface area contributed by atoms with Crippen LogP contribution in [0.3, 0.4) is 0 Å². The van der Waals surface area contributed by atoms with Crippen molar-refractivity contribution >= 4 is 23.2 Å². The molecule has 0 atom stereocenters. The lowest BCUT2D eigenvalue weighted by atomic mass is 10.1. The summed E-state index contributed by atoms with van der Waals surface area (Å²) in [6.45, 7) is 1.50. The molecule has 7 heteroatoms. The molecule has 3 aromatic carbocycles. The Bertz CT molecular complexity index is 1140. The molecule has 0 amide bonds. The monoisotopic (exact) mass is 454 g/mol. The maximum absolute atomic E-state index is 13.8. The molecule has 0 aliphatic rings. The summed E-state index contributed by atoms with van der Waals surface area (Å²) in [6, 6.07) is 22.1. The third-order valence-corrected chi connectivity index (χ3v) is 5.66. The van der Waals surface area contributed by atoms with Crippen molar-refractivity contribution in [2.75, 3.05) is 6.54 Å². The zero-order valence-corrected chi connectivity index (χ0v) is 18.2. The molecule has 158 valence electrons. The van der Waals surface area contributed by atoms with E-state index in [0.29, 0.717) is 41.7 Å². The summed E-state index contributed by atoms with van der Waals surface area (Å²) in [5.41, 5.74) is 4.05. The van der Waals surface area contributed by atoms with E-state index < -0.39 is 0 Å². The van der Waals surface area contributed by atoms with Crippen LogP contribution in [0.15, 0.2) is 72.8 Å². The van der Waals surface area contributed by atoms with Crippen molar-refractivity contribution in [2.45, 2.75) is 19.5 Å². The van der Waals surface area contributed by atoms with Crippen molar-refractivity contribution in [1.82, 2.24) is 20.3 Å². The minimum atomic E-state index is -0.183. The van der Waals surface area contributed by atoms with Crippen LogP contribution in [0.1, 0.15) is 16.8 Å². The van der Waals surface area contributed by atoms with E-state index >= 15 is 0 Å². The maximum atomic E-state index is 13.8. The first kappa shape index (κ1) is 21.5. The first-order chi connectivity index (χ1) is 15.1. The summed E-state index contributed by atoms with van der Waals surface area (Å²) in [6.07, 6.45) is 0.594. The Balaban J connectivity index is 1.52. The van der Waals surface area contributed by atoms with Crippen LogP contribution in [-0.4, -0.2) is 21.5 Å². The molecule has 0 aliphatic carbocycles. The molecule has 4 aromatic rings. The number of nitrogens with one attached hydrogen (secondary N) is 1. The normalized spacial score (nSPS) is 11.1. The average Bonchev–Trinajstić information content (AvgIpc) is 3.18. The fourth-order valence-electron chi connectivity index (χ4n) is 3.35. The molecule has 31 heavy (non-hydrogen) atoms. The van der Waals surface area contributed by atoms with Gasteiger partial charge in [-0.3, -0.25) is 0 Å². The number of halogens is 3. The molecule has 0 bridgehead atoms. The fourth-order valence-corrected chi connectivity index (χ4v) is 3.87. The zero-order chi connectivity index (χ0) is 21.6. The van der Waals surface area contributed by atoms with Crippen LogP contribution < -0.4 is 5.32 Å². The van der Waals surface area contributed by atoms with Gasteiger partial charge in [0.25, 0.3) is 0 Å². The van der Waals surface area contributed by atoms with E-state index in [1.807, 2.05) is 42.5 Å². The quantitative estimate of drug-likeness (QED) is 0.343. The second-order valence-corrected chi connectivity index (χ2v) is 7.92. The van der Waals surface area contributed by atoms with Crippen molar-refractivity contribution in [1.29, 1.82) is 0 Å². The Morgan fingerprint density at radius 1 is 0.839 bits per heavy atom. The van der Waals surface area contributed by atoms with Gasteiger partial charge in [0.2, 0.25) is 0 Å². The second-order valence-electron chi connectivity index (χ2n) is 7.11. The molecule has 0 spiro atoms. The lowest BCUT2D eigenvalue weighted by molar-refractivity contribution is 0.573. The Morgan fingerprint density at radius 2 is 1.55 bits per heavy atom. The van der Waals surface area contributed by atoms with Gasteiger partial charge in [0.1, 0.15) is 17.2 Å². The molecule has 1 N–H and O–H groups in total. The van der Waals surface area contributed by atoms with Crippen molar-refractivity contribution in [3.8, 4) is 11.3 Å². The standard InChI is InChI=1S/C24H21Cl2FN4/c25-20-10-6-11-21(26)19(20)16-31-29-23(24(30-31)18-8-2-1-3-9-18)15-28-14-13-17-7-4-5-12-22(17)27/h1-12,28H,13-16H2. The Kier molecular flexibility index (Phi) is 6.97. The highest BCUT2D eigenvalue weighted by atomic mass is 35.5. The van der Waals surface area contributed by atoms with E-state index in [9.17, 15) is 4.39 Å². The molecular formula is C24H21Cl2FN4. The van der Waals surface area contributed by atoms with E-state index in [-0.39, 0.29) is 5.82 Å². The van der Waals surface area contributed by atoms with E-state index in [1.165, 1.54) is 6.07 Å². The highest BCUT2D eigenvalue weighted by Crippen LogP contribution is 2.26. The lowest BCUT2D eigenvalue weighted by Crippen LogP contribution is -2.18. The molecular weight excluding hydrogens is 434 g/mol. The van der Waals surface area contributed by atoms with Gasteiger partial charge in [-0.2, -0.15) is 15.0 Å². The highest BCUT2D eigenvalue weighted by Gasteiger charge is 2.15. The molecule has 0 aliphatic heterocycles. The lowest BCUT2D eigenvalue weighted by Gasteiger charge is -2.06. The number of aromatic nitrogens is 3. The van der Waals surface area contributed by atoms with Crippen LogP contribution in [0.25, 0.3) is 11.3 Å². The van der Waals surface area contributed by atoms with Gasteiger partial charge in [0.05, 0.1) is 6.54 Å². The van der Waals surface area contributed by atoms with Gasteiger partial charge in [-0.1, -0.05) is 77.8 Å². The van der Waals surface area contributed by atoms with Crippen LogP contribution >= 0.6 is 23.2 Å². The SMILES string of the molecule is Fc1ccccc1CCNCc1nn(Cc2c(Cl)cccc2Cl)nc1-c1ccccc1. The third-order valence-electron chi connectivity index (χ3n) is 4.95. The Labute approximate surface area is 190 Å². The van der Waals surface area contributed by atoms with Crippen molar-refractivity contribution in [3.05, 3.63) is 105 Å². The fraction of sp³-hybridized carbons (Fsp3) is 0.167.